The van der Waals surface area contributed by atoms with Crippen molar-refractivity contribution >= 4 is 8.80 Å². The summed E-state index contributed by atoms with van der Waals surface area (Å²) in [5, 5.41) is 0. The van der Waals surface area contributed by atoms with Gasteiger partial charge in [-0.1, -0.05) is 13.8 Å². The lowest BCUT2D eigenvalue weighted by Crippen LogP contribution is -2.45. The molecule has 0 aromatic heterocycles. The second-order valence-electron chi connectivity index (χ2n) is 3.12. The van der Waals surface area contributed by atoms with E-state index < -0.39 is 8.80 Å². The van der Waals surface area contributed by atoms with Crippen molar-refractivity contribution in [3.63, 3.8) is 0 Å². The van der Waals surface area contributed by atoms with E-state index in [0.29, 0.717) is 19.8 Å². The molecule has 0 saturated carbocycles. The molecule has 0 fully saturated rings. The van der Waals surface area contributed by atoms with Gasteiger partial charge in [0.25, 0.3) is 0 Å². The van der Waals surface area contributed by atoms with Gasteiger partial charge in [0.1, 0.15) is 0 Å². The molecule has 0 bridgehead atoms. The molecular weight excluding hydrogens is 222 g/mol. The molecule has 0 aromatic carbocycles. The van der Waals surface area contributed by atoms with E-state index in [4.69, 9.17) is 19.0 Å². The first-order valence-corrected chi connectivity index (χ1v) is 8.21. The van der Waals surface area contributed by atoms with Gasteiger partial charge < -0.3 is 19.0 Å². The molecule has 4 nitrogen and oxygen atoms in total. The lowest BCUT2D eigenvalue weighted by Gasteiger charge is -2.26. The molecular formula is C11H29NO3Si. The third-order valence-electron chi connectivity index (χ3n) is 1.81. The van der Waals surface area contributed by atoms with Gasteiger partial charge in [-0.05, 0) is 33.7 Å². The Morgan fingerprint density at radius 3 is 1.25 bits per heavy atom. The monoisotopic (exact) mass is 251 g/mol. The summed E-state index contributed by atoms with van der Waals surface area (Å²) < 4.78 is 16.7. The summed E-state index contributed by atoms with van der Waals surface area (Å²) in [4.78, 5) is 0. The maximum absolute atomic E-state index is 5.55. The van der Waals surface area contributed by atoms with E-state index in [1.54, 1.807) is 0 Å². The zero-order chi connectivity index (χ0) is 12.9. The minimum atomic E-state index is -2.27. The van der Waals surface area contributed by atoms with Crippen molar-refractivity contribution < 1.29 is 13.3 Å². The molecule has 0 unspecified atom stereocenters. The molecule has 0 saturated heterocycles. The molecule has 0 aliphatic carbocycles. The van der Waals surface area contributed by atoms with E-state index in [0.717, 1.165) is 19.0 Å². The maximum Gasteiger partial charge on any atom is 0.500 e. The normalized spacial score (nSPS) is 10.9. The Balaban J connectivity index is 0. The van der Waals surface area contributed by atoms with E-state index in [1.807, 2.05) is 27.7 Å². The number of rotatable bonds is 8. The van der Waals surface area contributed by atoms with Crippen LogP contribution in [0.5, 0.6) is 0 Å². The highest BCUT2D eigenvalue weighted by Gasteiger charge is 2.37. The van der Waals surface area contributed by atoms with Crippen LogP contribution >= 0.6 is 0 Å². The molecule has 0 heterocycles. The summed E-state index contributed by atoms with van der Waals surface area (Å²) in [7, 11) is -2.27. The van der Waals surface area contributed by atoms with Crippen LogP contribution in [-0.4, -0.2) is 35.2 Å². The van der Waals surface area contributed by atoms with Gasteiger partial charge in [0.05, 0.1) is 0 Å². The fraction of sp³-hybridized carbons (Fsp3) is 1.00. The molecule has 0 spiro atoms. The molecule has 0 rings (SSSR count). The minimum absolute atomic E-state index is 0.667. The molecule has 100 valence electrons. The summed E-state index contributed by atoms with van der Waals surface area (Å²) in [5.74, 6) is 0. The van der Waals surface area contributed by atoms with Crippen molar-refractivity contribution in [1.82, 2.24) is 0 Å². The molecule has 16 heavy (non-hydrogen) atoms. The minimum Gasteiger partial charge on any atom is -0.374 e. The van der Waals surface area contributed by atoms with Gasteiger partial charge in [0, 0.05) is 25.9 Å². The maximum atomic E-state index is 5.55. The Labute approximate surface area is 102 Å². The van der Waals surface area contributed by atoms with E-state index in [-0.39, 0.29) is 0 Å². The average molecular weight is 251 g/mol. The summed E-state index contributed by atoms with van der Waals surface area (Å²) in [6.07, 6.45) is 1.10. The average Bonchev–Trinajstić information content (AvgIpc) is 2.30. The van der Waals surface area contributed by atoms with Crippen LogP contribution in [0.2, 0.25) is 6.04 Å². The van der Waals surface area contributed by atoms with Gasteiger partial charge in [0.15, 0.2) is 0 Å². The van der Waals surface area contributed by atoms with Crippen LogP contribution in [0, 0.1) is 0 Å². The van der Waals surface area contributed by atoms with E-state index in [1.165, 1.54) is 0 Å². The highest BCUT2D eigenvalue weighted by molar-refractivity contribution is 6.60. The molecule has 0 amide bonds. The fourth-order valence-electron chi connectivity index (χ4n) is 1.09. The lowest BCUT2D eigenvalue weighted by atomic mass is 10.5. The zero-order valence-corrected chi connectivity index (χ0v) is 12.5. The van der Waals surface area contributed by atoms with Gasteiger partial charge in [-0.25, -0.2) is 0 Å². The van der Waals surface area contributed by atoms with Crippen LogP contribution in [0.3, 0.4) is 0 Å². The van der Waals surface area contributed by atoms with Crippen LogP contribution in [0.1, 0.15) is 41.0 Å². The lowest BCUT2D eigenvalue weighted by molar-refractivity contribution is 0.0725. The number of hydrogen-bond acceptors (Lipinski definition) is 4. The summed E-state index contributed by atoms with van der Waals surface area (Å²) >= 11 is 0. The fourth-order valence-corrected chi connectivity index (χ4v) is 3.27. The van der Waals surface area contributed by atoms with Crippen LogP contribution in [-0.2, 0) is 13.3 Å². The third-order valence-corrected chi connectivity index (χ3v) is 4.87. The smallest absolute Gasteiger partial charge is 0.374 e. The van der Waals surface area contributed by atoms with E-state index in [9.17, 15) is 0 Å². The summed E-state index contributed by atoms with van der Waals surface area (Å²) in [6.45, 7) is 12.8. The van der Waals surface area contributed by atoms with Crippen molar-refractivity contribution in [2.75, 3.05) is 26.4 Å². The van der Waals surface area contributed by atoms with Crippen LogP contribution in [0.25, 0.3) is 0 Å². The van der Waals surface area contributed by atoms with Crippen molar-refractivity contribution in [3.8, 4) is 0 Å². The molecule has 0 aliphatic heterocycles. The van der Waals surface area contributed by atoms with Gasteiger partial charge >= 0.3 is 8.80 Å². The van der Waals surface area contributed by atoms with Gasteiger partial charge in [-0.3, -0.25) is 0 Å². The van der Waals surface area contributed by atoms with Crippen LogP contribution in [0.4, 0.5) is 0 Å². The first kappa shape index (κ1) is 18.4. The van der Waals surface area contributed by atoms with Gasteiger partial charge in [0.2, 0.25) is 0 Å². The molecule has 5 heteroatoms. The third kappa shape index (κ3) is 9.29. The molecule has 0 aromatic rings. The van der Waals surface area contributed by atoms with Crippen molar-refractivity contribution in [2.45, 2.75) is 47.1 Å². The van der Waals surface area contributed by atoms with Gasteiger partial charge in [-0.15, -0.1) is 0 Å². The highest BCUT2D eigenvalue weighted by Crippen LogP contribution is 2.14. The van der Waals surface area contributed by atoms with Gasteiger partial charge in [-0.2, -0.15) is 0 Å². The SMILES string of the molecule is CCCN.CCO[Si](CC)(OCC)OCC. The first-order chi connectivity index (χ1) is 7.66. The molecule has 0 atom stereocenters. The molecule has 0 aliphatic rings. The Morgan fingerprint density at radius 1 is 0.812 bits per heavy atom. The van der Waals surface area contributed by atoms with Crippen LogP contribution in [0.15, 0.2) is 0 Å². The van der Waals surface area contributed by atoms with E-state index in [2.05, 4.69) is 6.92 Å². The largest absolute Gasteiger partial charge is 0.500 e. The molecule has 2 N–H and O–H groups in total. The first-order valence-electron chi connectivity index (χ1n) is 6.28. The predicted molar refractivity (Wildman–Crippen MR) is 70.5 cm³/mol. The Bertz CT molecular complexity index is 117. The second-order valence-corrected chi connectivity index (χ2v) is 6.06. The number of hydrogen-bond donors (Lipinski definition) is 1. The van der Waals surface area contributed by atoms with Crippen LogP contribution < -0.4 is 5.73 Å². The van der Waals surface area contributed by atoms with E-state index >= 15 is 0 Å². The molecule has 0 radical (unpaired) electrons. The summed E-state index contributed by atoms with van der Waals surface area (Å²) in [5.41, 5.74) is 5.03. The van der Waals surface area contributed by atoms with Crippen molar-refractivity contribution in [2.24, 2.45) is 5.73 Å². The van der Waals surface area contributed by atoms with Crippen molar-refractivity contribution in [3.05, 3.63) is 0 Å². The zero-order valence-electron chi connectivity index (χ0n) is 11.5. The van der Waals surface area contributed by atoms with Crippen molar-refractivity contribution in [1.29, 1.82) is 0 Å². The standard InChI is InChI=1S/C8H20O3Si.C3H9N/c1-5-9-12(8-4,10-6-2)11-7-3;1-2-3-4/h5-8H2,1-4H3;2-4H2,1H3. The Kier molecular flexibility index (Phi) is 15.1. The summed E-state index contributed by atoms with van der Waals surface area (Å²) in [6, 6.07) is 0.850. The quantitative estimate of drug-likeness (QED) is 0.673. The topological polar surface area (TPSA) is 53.7 Å². The second kappa shape index (κ2) is 13.1. The number of nitrogens with two attached hydrogens (primary N) is 1. The predicted octanol–water partition coefficient (Wildman–Crippen LogP) is 2.41. The Hall–Kier alpha value is 0.0569. The Morgan fingerprint density at radius 2 is 1.12 bits per heavy atom. The highest BCUT2D eigenvalue weighted by atomic mass is 28.4.